The van der Waals surface area contributed by atoms with Crippen LogP contribution in [0.3, 0.4) is 0 Å². The van der Waals surface area contributed by atoms with Crippen LogP contribution in [0.5, 0.6) is 0 Å². The number of hydrogen-bond donors (Lipinski definition) is 1. The van der Waals surface area contributed by atoms with E-state index in [9.17, 15) is 0 Å². The van der Waals surface area contributed by atoms with Crippen molar-refractivity contribution in [1.82, 2.24) is 0 Å². The zero-order chi connectivity index (χ0) is 11.3. The lowest BCUT2D eigenvalue weighted by molar-refractivity contribution is 0.567. The highest BCUT2D eigenvalue weighted by molar-refractivity contribution is 9.10. The third-order valence-electron chi connectivity index (χ3n) is 2.20. The molecular weight excluding hydrogens is 273 g/mol. The Morgan fingerprint density at radius 1 is 1.40 bits per heavy atom. The molecule has 0 saturated carbocycles. The van der Waals surface area contributed by atoms with Crippen molar-refractivity contribution in [2.45, 2.75) is 26.7 Å². The van der Waals surface area contributed by atoms with Crippen molar-refractivity contribution in [3.63, 3.8) is 0 Å². The molecule has 0 fully saturated rings. The SMILES string of the molecule is CC(C)CCCNc1cc(Br)ccc1Cl. The Morgan fingerprint density at radius 2 is 2.13 bits per heavy atom. The molecule has 15 heavy (non-hydrogen) atoms. The van der Waals surface area contributed by atoms with Gasteiger partial charge < -0.3 is 5.32 Å². The van der Waals surface area contributed by atoms with Gasteiger partial charge in [0.1, 0.15) is 0 Å². The monoisotopic (exact) mass is 289 g/mol. The fourth-order valence-corrected chi connectivity index (χ4v) is 1.91. The molecule has 3 heteroatoms. The molecule has 0 aliphatic rings. The molecule has 0 heterocycles. The number of hydrogen-bond acceptors (Lipinski definition) is 1. The van der Waals surface area contributed by atoms with Crippen molar-refractivity contribution >= 4 is 33.2 Å². The first kappa shape index (κ1) is 12.9. The van der Waals surface area contributed by atoms with Gasteiger partial charge in [-0.05, 0) is 37.0 Å². The normalized spacial score (nSPS) is 10.7. The number of nitrogens with one attached hydrogen (secondary N) is 1. The third kappa shape index (κ3) is 4.89. The highest BCUT2D eigenvalue weighted by Crippen LogP contribution is 2.25. The maximum Gasteiger partial charge on any atom is 0.0638 e. The Morgan fingerprint density at radius 3 is 2.80 bits per heavy atom. The van der Waals surface area contributed by atoms with Gasteiger partial charge in [0, 0.05) is 11.0 Å². The first-order valence-electron chi connectivity index (χ1n) is 5.28. The molecule has 1 N–H and O–H groups in total. The van der Waals surface area contributed by atoms with Crippen molar-refractivity contribution in [3.05, 3.63) is 27.7 Å². The average Bonchev–Trinajstić information content (AvgIpc) is 2.17. The molecule has 0 saturated heterocycles. The van der Waals surface area contributed by atoms with Crippen LogP contribution in [0.4, 0.5) is 5.69 Å². The van der Waals surface area contributed by atoms with Crippen molar-refractivity contribution in [2.75, 3.05) is 11.9 Å². The van der Waals surface area contributed by atoms with E-state index in [0.717, 1.165) is 27.6 Å². The predicted octanol–water partition coefficient (Wildman–Crippen LogP) is 4.95. The predicted molar refractivity (Wildman–Crippen MR) is 71.7 cm³/mol. The molecule has 0 radical (unpaired) electrons. The van der Waals surface area contributed by atoms with Crippen LogP contribution in [0.25, 0.3) is 0 Å². The fourth-order valence-electron chi connectivity index (χ4n) is 1.37. The Kier molecular flexibility index (Phi) is 5.48. The molecule has 1 nitrogen and oxygen atoms in total. The zero-order valence-electron chi connectivity index (χ0n) is 9.19. The lowest BCUT2D eigenvalue weighted by Crippen LogP contribution is -2.03. The minimum Gasteiger partial charge on any atom is -0.384 e. The van der Waals surface area contributed by atoms with Gasteiger partial charge in [-0.2, -0.15) is 0 Å². The summed E-state index contributed by atoms with van der Waals surface area (Å²) in [6, 6.07) is 5.86. The van der Waals surface area contributed by atoms with Crippen molar-refractivity contribution < 1.29 is 0 Å². The maximum absolute atomic E-state index is 6.05. The quantitative estimate of drug-likeness (QED) is 0.757. The van der Waals surface area contributed by atoms with Gasteiger partial charge in [-0.3, -0.25) is 0 Å². The average molecular weight is 291 g/mol. The maximum atomic E-state index is 6.05. The molecule has 0 unspecified atom stereocenters. The summed E-state index contributed by atoms with van der Waals surface area (Å²) in [6.07, 6.45) is 2.43. The van der Waals surface area contributed by atoms with Crippen molar-refractivity contribution in [1.29, 1.82) is 0 Å². The molecule has 0 aromatic heterocycles. The lowest BCUT2D eigenvalue weighted by Gasteiger charge is -2.09. The Bertz CT molecular complexity index is 312. The Balaban J connectivity index is 2.40. The van der Waals surface area contributed by atoms with Gasteiger partial charge in [-0.25, -0.2) is 0 Å². The van der Waals surface area contributed by atoms with E-state index in [1.54, 1.807) is 0 Å². The third-order valence-corrected chi connectivity index (χ3v) is 3.02. The summed E-state index contributed by atoms with van der Waals surface area (Å²) in [7, 11) is 0. The second-order valence-electron chi connectivity index (χ2n) is 4.09. The molecule has 0 amide bonds. The van der Waals surface area contributed by atoms with Crippen LogP contribution in [0.15, 0.2) is 22.7 Å². The van der Waals surface area contributed by atoms with Crippen LogP contribution in [-0.4, -0.2) is 6.54 Å². The molecule has 84 valence electrons. The molecule has 0 atom stereocenters. The fraction of sp³-hybridized carbons (Fsp3) is 0.500. The molecule has 0 aliphatic heterocycles. The van der Waals surface area contributed by atoms with Crippen LogP contribution >= 0.6 is 27.5 Å². The van der Waals surface area contributed by atoms with E-state index in [2.05, 4.69) is 35.1 Å². The Labute approximate surface area is 105 Å². The number of benzene rings is 1. The van der Waals surface area contributed by atoms with Gasteiger partial charge >= 0.3 is 0 Å². The van der Waals surface area contributed by atoms with E-state index in [1.165, 1.54) is 12.8 Å². The van der Waals surface area contributed by atoms with Crippen molar-refractivity contribution in [3.8, 4) is 0 Å². The van der Waals surface area contributed by atoms with E-state index in [-0.39, 0.29) is 0 Å². The van der Waals surface area contributed by atoms with Gasteiger partial charge in [0.15, 0.2) is 0 Å². The van der Waals surface area contributed by atoms with E-state index < -0.39 is 0 Å². The van der Waals surface area contributed by atoms with Crippen molar-refractivity contribution in [2.24, 2.45) is 5.92 Å². The van der Waals surface area contributed by atoms with Gasteiger partial charge in [0.25, 0.3) is 0 Å². The van der Waals surface area contributed by atoms with Crippen LogP contribution in [-0.2, 0) is 0 Å². The minimum absolute atomic E-state index is 0.768. The molecular formula is C12H17BrClN. The number of anilines is 1. The van der Waals surface area contributed by atoms with Crippen LogP contribution in [0, 0.1) is 5.92 Å². The van der Waals surface area contributed by atoms with E-state index in [4.69, 9.17) is 11.6 Å². The summed E-state index contributed by atoms with van der Waals surface area (Å²) < 4.78 is 1.05. The molecule has 0 bridgehead atoms. The smallest absolute Gasteiger partial charge is 0.0638 e. The topological polar surface area (TPSA) is 12.0 Å². The van der Waals surface area contributed by atoms with E-state index in [0.29, 0.717) is 0 Å². The zero-order valence-corrected chi connectivity index (χ0v) is 11.5. The summed E-state index contributed by atoms with van der Waals surface area (Å²) >= 11 is 9.48. The Hall–Kier alpha value is -0.210. The second-order valence-corrected chi connectivity index (χ2v) is 5.41. The summed E-state index contributed by atoms with van der Waals surface area (Å²) in [5, 5.41) is 4.13. The largest absolute Gasteiger partial charge is 0.384 e. The van der Waals surface area contributed by atoms with Gasteiger partial charge in [0.05, 0.1) is 10.7 Å². The number of rotatable bonds is 5. The van der Waals surface area contributed by atoms with Gasteiger partial charge in [-0.15, -0.1) is 0 Å². The first-order chi connectivity index (χ1) is 7.09. The molecule has 0 aliphatic carbocycles. The number of halogens is 2. The minimum atomic E-state index is 0.768. The molecule has 1 rings (SSSR count). The second kappa shape index (κ2) is 6.39. The van der Waals surface area contributed by atoms with Crippen LogP contribution in [0.2, 0.25) is 5.02 Å². The van der Waals surface area contributed by atoms with Crippen LogP contribution in [0.1, 0.15) is 26.7 Å². The highest BCUT2D eigenvalue weighted by Gasteiger charge is 2.00. The van der Waals surface area contributed by atoms with Gasteiger partial charge in [0.2, 0.25) is 0 Å². The van der Waals surface area contributed by atoms with E-state index in [1.807, 2.05) is 18.2 Å². The van der Waals surface area contributed by atoms with Crippen LogP contribution < -0.4 is 5.32 Å². The lowest BCUT2D eigenvalue weighted by atomic mass is 10.1. The summed E-state index contributed by atoms with van der Waals surface area (Å²) in [5.41, 5.74) is 1.01. The summed E-state index contributed by atoms with van der Waals surface area (Å²) in [4.78, 5) is 0. The molecule has 1 aromatic carbocycles. The molecule has 0 spiro atoms. The summed E-state index contributed by atoms with van der Waals surface area (Å²) in [5.74, 6) is 0.768. The van der Waals surface area contributed by atoms with E-state index >= 15 is 0 Å². The summed E-state index contributed by atoms with van der Waals surface area (Å²) in [6.45, 7) is 5.46. The first-order valence-corrected chi connectivity index (χ1v) is 6.45. The molecule has 1 aromatic rings. The standard InChI is InChI=1S/C12H17BrClN/c1-9(2)4-3-7-15-12-8-10(13)5-6-11(12)14/h5-6,8-9,15H,3-4,7H2,1-2H3. The highest BCUT2D eigenvalue weighted by atomic mass is 79.9. The van der Waals surface area contributed by atoms with Gasteiger partial charge in [-0.1, -0.05) is 41.4 Å².